The Hall–Kier alpha value is -3.53. The van der Waals surface area contributed by atoms with Crippen molar-refractivity contribution >= 4 is 27.6 Å². The lowest BCUT2D eigenvalue weighted by atomic mass is 9.89. The summed E-state index contributed by atoms with van der Waals surface area (Å²) in [7, 11) is 1.75. The fourth-order valence-electron chi connectivity index (χ4n) is 5.86. The van der Waals surface area contributed by atoms with Gasteiger partial charge in [-0.2, -0.15) is 0 Å². The molecule has 0 amide bonds. The summed E-state index contributed by atoms with van der Waals surface area (Å²) in [5.74, 6) is 6.04. The van der Waals surface area contributed by atoms with Gasteiger partial charge in [0, 0.05) is 55.2 Å². The van der Waals surface area contributed by atoms with Crippen LogP contribution < -0.4 is 11.6 Å². The highest BCUT2D eigenvalue weighted by atomic mass is 19.1. The average molecular weight is 564 g/mol. The molecule has 1 saturated carbocycles. The third-order valence-electron chi connectivity index (χ3n) is 8.22. The van der Waals surface area contributed by atoms with Gasteiger partial charge in [0.25, 0.3) is 0 Å². The Morgan fingerprint density at radius 3 is 2.34 bits per heavy atom. The van der Waals surface area contributed by atoms with Crippen molar-refractivity contribution in [2.75, 3.05) is 20.3 Å². The molecule has 2 aromatic carbocycles. The van der Waals surface area contributed by atoms with Gasteiger partial charge < -0.3 is 25.2 Å². The number of pyridine rings is 1. The number of aromatic nitrogens is 2. The molecular formula is C32H39F2N5O2. The number of benzene rings is 2. The third kappa shape index (κ3) is 6.07. The van der Waals surface area contributed by atoms with Gasteiger partial charge in [-0.15, -0.1) is 0 Å². The van der Waals surface area contributed by atoms with Gasteiger partial charge in [0.2, 0.25) is 0 Å². The van der Waals surface area contributed by atoms with Crippen LogP contribution in [-0.4, -0.2) is 39.9 Å². The molecule has 41 heavy (non-hydrogen) atoms. The molecule has 7 nitrogen and oxygen atoms in total. The molecule has 2 aliphatic rings. The van der Waals surface area contributed by atoms with Gasteiger partial charge in [-0.1, -0.05) is 18.2 Å². The minimum Gasteiger partial charge on any atom is -0.401 e. The van der Waals surface area contributed by atoms with Gasteiger partial charge in [0.05, 0.1) is 27.8 Å². The lowest BCUT2D eigenvalue weighted by Gasteiger charge is -2.25. The first-order valence-electron chi connectivity index (χ1n) is 14.2. The Kier molecular flexibility index (Phi) is 8.31. The number of nitrogens with two attached hydrogens (primary N) is 2. The second-order valence-electron chi connectivity index (χ2n) is 11.5. The number of aliphatic hydroxyl groups is 1. The molecule has 0 bridgehead atoms. The van der Waals surface area contributed by atoms with Crippen LogP contribution in [0.5, 0.6) is 0 Å². The highest BCUT2D eigenvalue weighted by molar-refractivity contribution is 6.06. The van der Waals surface area contributed by atoms with E-state index < -0.39 is 5.60 Å². The lowest BCUT2D eigenvalue weighted by Crippen LogP contribution is -2.26. The van der Waals surface area contributed by atoms with E-state index in [4.69, 9.17) is 21.3 Å². The number of ether oxygens (including phenoxy) is 1. The van der Waals surface area contributed by atoms with Gasteiger partial charge >= 0.3 is 0 Å². The predicted octanol–water partition coefficient (Wildman–Crippen LogP) is 5.65. The van der Waals surface area contributed by atoms with Crippen LogP contribution in [0.1, 0.15) is 50.7 Å². The Labute approximate surface area is 239 Å². The minimum absolute atomic E-state index is 0.0952. The summed E-state index contributed by atoms with van der Waals surface area (Å²) in [6.07, 6.45) is 5.52. The maximum atomic E-state index is 15.4. The second kappa shape index (κ2) is 11.8. The molecule has 218 valence electrons. The first kappa shape index (κ1) is 29.0. The van der Waals surface area contributed by atoms with E-state index in [0.717, 1.165) is 72.9 Å². The number of hydrogen-bond acceptors (Lipinski definition) is 6. The summed E-state index contributed by atoms with van der Waals surface area (Å²) in [5.41, 5.74) is 9.92. The predicted molar refractivity (Wildman–Crippen MR) is 158 cm³/mol. The minimum atomic E-state index is -1.19. The molecule has 2 fully saturated rings. The number of rotatable bonds is 6. The maximum absolute atomic E-state index is 15.4. The van der Waals surface area contributed by atoms with Gasteiger partial charge in [-0.25, -0.2) is 14.6 Å². The second-order valence-corrected chi connectivity index (χ2v) is 11.5. The fourth-order valence-corrected chi connectivity index (χ4v) is 5.86. The third-order valence-corrected chi connectivity index (χ3v) is 8.22. The van der Waals surface area contributed by atoms with Crippen molar-refractivity contribution in [3.8, 4) is 0 Å². The zero-order chi connectivity index (χ0) is 29.3. The number of nitrogens with zero attached hydrogens (tertiary/aromatic N) is 3. The van der Waals surface area contributed by atoms with Gasteiger partial charge in [-0.3, -0.25) is 4.98 Å². The molecule has 0 radical (unpaired) electrons. The highest BCUT2D eigenvalue weighted by Gasteiger charge is 2.43. The summed E-state index contributed by atoms with van der Waals surface area (Å²) in [6.45, 7) is 5.80. The van der Waals surface area contributed by atoms with E-state index in [9.17, 15) is 9.50 Å². The standard InChI is InChI=1S/C26H34FN5O2.C6H5F/c1-15(28)25(31(3)29)17-10-23-24(30-13-17)19-11-21(27)20(26(2,33)18-4-5-18)12-22(19)32(23)14-16-6-8-34-9-7-16;7-6-4-2-1-3-5-6/h10-13,16,18,33H,4-9,14,28-29H2,1-3H3;1-5H/b25-15-;. The number of fused-ring (bicyclic) bond motifs is 3. The molecule has 3 heterocycles. The van der Waals surface area contributed by atoms with Crippen LogP contribution in [0.4, 0.5) is 8.78 Å². The van der Waals surface area contributed by atoms with Crippen LogP contribution >= 0.6 is 0 Å². The molecule has 5 N–H and O–H groups in total. The summed E-state index contributed by atoms with van der Waals surface area (Å²) >= 11 is 0. The lowest BCUT2D eigenvalue weighted by molar-refractivity contribution is 0.0296. The van der Waals surface area contributed by atoms with E-state index in [0.29, 0.717) is 22.9 Å². The largest absolute Gasteiger partial charge is 0.401 e. The molecule has 6 rings (SSSR count). The van der Waals surface area contributed by atoms with Crippen molar-refractivity contribution in [1.29, 1.82) is 0 Å². The van der Waals surface area contributed by atoms with Gasteiger partial charge in [0.15, 0.2) is 0 Å². The van der Waals surface area contributed by atoms with Crippen LogP contribution in [0.3, 0.4) is 0 Å². The first-order chi connectivity index (χ1) is 19.6. The summed E-state index contributed by atoms with van der Waals surface area (Å²) in [4.78, 5) is 4.74. The molecule has 1 atom stereocenters. The molecule has 9 heteroatoms. The van der Waals surface area contributed by atoms with Crippen LogP contribution in [0.2, 0.25) is 0 Å². The Bertz CT molecular complexity index is 1550. The summed E-state index contributed by atoms with van der Waals surface area (Å²) < 4.78 is 35.1. The zero-order valence-electron chi connectivity index (χ0n) is 23.9. The topological polar surface area (TPSA) is 103 Å². The Morgan fingerprint density at radius 2 is 1.78 bits per heavy atom. The normalized spacial score (nSPS) is 18.0. The molecule has 4 aromatic rings. The van der Waals surface area contributed by atoms with Gasteiger partial charge in [0.1, 0.15) is 11.6 Å². The van der Waals surface area contributed by atoms with E-state index in [2.05, 4.69) is 4.57 Å². The zero-order valence-corrected chi connectivity index (χ0v) is 23.9. The Balaban J connectivity index is 0.000000423. The molecule has 1 saturated heterocycles. The highest BCUT2D eigenvalue weighted by Crippen LogP contribution is 2.47. The van der Waals surface area contributed by atoms with Crippen LogP contribution in [0.25, 0.3) is 27.6 Å². The SMILES string of the molecule is C/C(N)=C(\c1cnc2c3cc(F)c(C(C)(O)C4CC4)cc3n(CC3CCOCC3)c2c1)N(C)N.Fc1ccccc1. The van der Waals surface area contributed by atoms with Crippen LogP contribution in [0.15, 0.2) is 60.4 Å². The van der Waals surface area contributed by atoms with E-state index in [-0.39, 0.29) is 17.6 Å². The fraction of sp³-hybridized carbons (Fsp3) is 0.406. The quantitative estimate of drug-likeness (QED) is 0.207. The number of allylic oxidation sites excluding steroid dienone is 1. The average Bonchev–Trinajstić information content (AvgIpc) is 3.76. The number of hydrazine groups is 1. The van der Waals surface area contributed by atoms with E-state index in [1.807, 2.05) is 19.1 Å². The van der Waals surface area contributed by atoms with E-state index in [1.165, 1.54) is 23.2 Å². The molecule has 1 aliphatic carbocycles. The van der Waals surface area contributed by atoms with Crippen molar-refractivity contribution in [3.05, 3.63) is 83.2 Å². The molecular weight excluding hydrogens is 524 g/mol. The number of halogens is 2. The van der Waals surface area contributed by atoms with E-state index >= 15 is 4.39 Å². The van der Waals surface area contributed by atoms with Crippen molar-refractivity contribution in [2.45, 2.75) is 51.7 Å². The smallest absolute Gasteiger partial charge is 0.130 e. The van der Waals surface area contributed by atoms with E-state index in [1.54, 1.807) is 38.4 Å². The van der Waals surface area contributed by atoms with Crippen molar-refractivity contribution < 1.29 is 18.6 Å². The molecule has 2 aromatic heterocycles. The Morgan fingerprint density at radius 1 is 1.10 bits per heavy atom. The molecule has 1 unspecified atom stereocenters. The summed E-state index contributed by atoms with van der Waals surface area (Å²) in [5, 5.41) is 13.4. The van der Waals surface area contributed by atoms with Crippen molar-refractivity contribution in [2.24, 2.45) is 23.4 Å². The number of hydrogen-bond donors (Lipinski definition) is 3. The van der Waals surface area contributed by atoms with Crippen molar-refractivity contribution in [3.63, 3.8) is 0 Å². The molecule has 1 aliphatic heterocycles. The monoisotopic (exact) mass is 563 g/mol. The van der Waals surface area contributed by atoms with Crippen LogP contribution in [0, 0.1) is 23.5 Å². The molecule has 0 spiro atoms. The first-order valence-corrected chi connectivity index (χ1v) is 14.2. The maximum Gasteiger partial charge on any atom is 0.130 e. The summed E-state index contributed by atoms with van der Waals surface area (Å²) in [6, 6.07) is 13.3. The van der Waals surface area contributed by atoms with Crippen molar-refractivity contribution in [1.82, 2.24) is 14.6 Å². The van der Waals surface area contributed by atoms with Gasteiger partial charge in [-0.05, 0) is 81.7 Å². The van der Waals surface area contributed by atoms with Crippen LogP contribution in [-0.2, 0) is 16.9 Å².